The van der Waals surface area contributed by atoms with Crippen molar-refractivity contribution in [1.82, 2.24) is 0 Å². The molecule has 10 heteroatoms. The van der Waals surface area contributed by atoms with Crippen LogP contribution in [-0.2, 0) is 47.5 Å². The molecule has 0 amide bonds. The summed E-state index contributed by atoms with van der Waals surface area (Å²) in [6.45, 7) is 14.5. The Labute approximate surface area is 285 Å². The molecule has 7 rings (SSSR count). The van der Waals surface area contributed by atoms with E-state index in [1.807, 2.05) is 0 Å². The van der Waals surface area contributed by atoms with Crippen LogP contribution in [0.15, 0.2) is 0 Å². The van der Waals surface area contributed by atoms with Gasteiger partial charge in [-0.3, -0.25) is 14.4 Å². The van der Waals surface area contributed by atoms with Gasteiger partial charge in [-0.15, -0.1) is 0 Å². The number of esters is 3. The van der Waals surface area contributed by atoms with Crippen molar-refractivity contribution < 1.29 is 47.5 Å². The van der Waals surface area contributed by atoms with E-state index in [4.69, 9.17) is 33.2 Å². The fourth-order valence-corrected chi connectivity index (χ4v) is 12.4. The fourth-order valence-electron chi connectivity index (χ4n) is 12.4. The average molecular weight is 675 g/mol. The van der Waals surface area contributed by atoms with Crippen LogP contribution in [0.1, 0.15) is 113 Å². The zero-order valence-corrected chi connectivity index (χ0v) is 30.1. The van der Waals surface area contributed by atoms with Crippen LogP contribution < -0.4 is 0 Å². The molecule has 0 radical (unpaired) electrons. The van der Waals surface area contributed by atoms with Crippen LogP contribution in [0, 0.1) is 52.3 Å². The number of fused-ring (bicyclic) bond motifs is 7. The Kier molecular flexibility index (Phi) is 9.24. The SMILES string of the molecule is CC(=O)O[C@@H]1[C@@H](O[C@H]2CC[C@@]3(C)[C@@H](CC[C@@H]4[C@@H]3CC[C@]3(C)[C@@H]5[C@H](C[C@@H]43)O[C@]3(CC[C@@H](C)CO3)[C@H]5C)C2)OC[C@H](OC(C)=O)[C@H]1OC(C)=O. The van der Waals surface area contributed by atoms with Crippen LogP contribution in [0.2, 0.25) is 0 Å². The first kappa shape index (κ1) is 34.7. The second kappa shape index (κ2) is 12.8. The van der Waals surface area contributed by atoms with Gasteiger partial charge in [0.15, 0.2) is 30.4 Å². The molecule has 270 valence electrons. The first-order chi connectivity index (χ1) is 22.7. The van der Waals surface area contributed by atoms with Gasteiger partial charge < -0.3 is 33.2 Å². The molecule has 0 N–H and O–H groups in total. The van der Waals surface area contributed by atoms with Gasteiger partial charge in [-0.25, -0.2) is 0 Å². The third-order valence-corrected chi connectivity index (χ3v) is 14.5. The van der Waals surface area contributed by atoms with Gasteiger partial charge in [0, 0.05) is 33.1 Å². The molecule has 16 atom stereocenters. The molecule has 0 aromatic heterocycles. The zero-order valence-electron chi connectivity index (χ0n) is 30.1. The van der Waals surface area contributed by atoms with Crippen molar-refractivity contribution in [3.8, 4) is 0 Å². The lowest BCUT2D eigenvalue weighted by Crippen LogP contribution is -2.59. The molecular formula is C38H58O10. The van der Waals surface area contributed by atoms with E-state index in [1.54, 1.807) is 0 Å². The topological polar surface area (TPSA) is 116 Å². The Morgan fingerprint density at radius 2 is 1.44 bits per heavy atom. The Morgan fingerprint density at radius 1 is 0.729 bits per heavy atom. The standard InChI is InChI=1S/C38H58O10/c1-20-10-15-38(43-18-20)21(2)32-30(48-38)17-29-27-9-8-25-16-26(11-13-36(25,6)28(27)12-14-37(29,32)7)47-35-34(46-24(5)41)33(45-23(4)40)31(19-42-35)44-22(3)39/h20-21,25-35H,8-19H2,1-7H3/t20-,21+,25+,26+,27-,28+,29+,30+,31+,32+,33-,34+,35-,36+,37+,38-/m1/s1. The molecule has 4 saturated carbocycles. The van der Waals surface area contributed by atoms with Gasteiger partial charge in [-0.1, -0.05) is 27.7 Å². The maximum Gasteiger partial charge on any atom is 0.303 e. The smallest absolute Gasteiger partial charge is 0.303 e. The molecule has 0 aromatic carbocycles. The van der Waals surface area contributed by atoms with E-state index < -0.39 is 42.5 Å². The van der Waals surface area contributed by atoms with Crippen LogP contribution >= 0.6 is 0 Å². The van der Waals surface area contributed by atoms with Gasteiger partial charge in [-0.05, 0) is 104 Å². The lowest BCUT2D eigenvalue weighted by molar-refractivity contribution is -0.297. The van der Waals surface area contributed by atoms with Crippen molar-refractivity contribution >= 4 is 17.9 Å². The Bertz CT molecular complexity index is 1250. The minimum atomic E-state index is -1.04. The van der Waals surface area contributed by atoms with Crippen molar-refractivity contribution in [2.75, 3.05) is 13.2 Å². The highest BCUT2D eigenvalue weighted by molar-refractivity contribution is 5.68. The van der Waals surface area contributed by atoms with Gasteiger partial charge in [0.1, 0.15) is 0 Å². The van der Waals surface area contributed by atoms with E-state index in [1.165, 1.54) is 59.3 Å². The summed E-state index contributed by atoms with van der Waals surface area (Å²) in [7, 11) is 0. The quantitative estimate of drug-likeness (QED) is 0.196. The second-order valence-corrected chi connectivity index (χ2v) is 17.2. The van der Waals surface area contributed by atoms with Gasteiger partial charge in [0.05, 0.1) is 25.4 Å². The molecule has 3 heterocycles. The molecule has 10 nitrogen and oxygen atoms in total. The van der Waals surface area contributed by atoms with Crippen molar-refractivity contribution in [3.05, 3.63) is 0 Å². The fraction of sp³-hybridized carbons (Fsp3) is 0.921. The van der Waals surface area contributed by atoms with E-state index >= 15 is 0 Å². The van der Waals surface area contributed by atoms with Crippen LogP contribution in [-0.4, -0.2) is 73.7 Å². The summed E-state index contributed by atoms with van der Waals surface area (Å²) in [5.74, 6) is 2.26. The number of hydrogen-bond donors (Lipinski definition) is 0. The van der Waals surface area contributed by atoms with Crippen molar-refractivity contribution in [1.29, 1.82) is 0 Å². The third-order valence-electron chi connectivity index (χ3n) is 14.5. The molecule has 3 saturated heterocycles. The summed E-state index contributed by atoms with van der Waals surface area (Å²) in [4.78, 5) is 36.0. The highest BCUT2D eigenvalue weighted by Crippen LogP contribution is 2.71. The first-order valence-corrected chi connectivity index (χ1v) is 18.8. The number of carbonyl (C=O) groups excluding carboxylic acids is 3. The average Bonchev–Trinajstić information content (AvgIpc) is 3.46. The van der Waals surface area contributed by atoms with Crippen LogP contribution in [0.5, 0.6) is 0 Å². The molecule has 7 aliphatic rings. The number of rotatable bonds is 5. The molecule has 0 unspecified atom stereocenters. The van der Waals surface area contributed by atoms with Crippen LogP contribution in [0.3, 0.4) is 0 Å². The Morgan fingerprint density at radius 3 is 2.12 bits per heavy atom. The van der Waals surface area contributed by atoms with E-state index in [-0.39, 0.29) is 23.9 Å². The van der Waals surface area contributed by atoms with Gasteiger partial charge in [0.2, 0.25) is 0 Å². The number of ether oxygens (including phenoxy) is 7. The summed E-state index contributed by atoms with van der Waals surface area (Å²) in [6.07, 6.45) is 7.62. The normalized spacial score (nSPS) is 51.2. The van der Waals surface area contributed by atoms with E-state index in [0.717, 1.165) is 38.2 Å². The summed E-state index contributed by atoms with van der Waals surface area (Å²) in [5, 5.41) is 0. The summed E-state index contributed by atoms with van der Waals surface area (Å²) < 4.78 is 42.7. The molecule has 7 fully saturated rings. The third kappa shape index (κ3) is 5.82. The van der Waals surface area contributed by atoms with Crippen molar-refractivity contribution in [2.45, 2.75) is 155 Å². The molecular weight excluding hydrogens is 616 g/mol. The molecule has 3 aliphatic heterocycles. The largest absolute Gasteiger partial charge is 0.456 e. The minimum absolute atomic E-state index is 0.0194. The number of carbonyl (C=O) groups is 3. The monoisotopic (exact) mass is 674 g/mol. The summed E-state index contributed by atoms with van der Waals surface area (Å²) in [6, 6.07) is 0. The summed E-state index contributed by atoms with van der Waals surface area (Å²) >= 11 is 0. The molecule has 0 aromatic rings. The van der Waals surface area contributed by atoms with E-state index in [0.29, 0.717) is 47.0 Å². The maximum atomic E-state index is 12.2. The van der Waals surface area contributed by atoms with Gasteiger partial charge >= 0.3 is 17.9 Å². The van der Waals surface area contributed by atoms with Crippen LogP contribution in [0.4, 0.5) is 0 Å². The minimum Gasteiger partial charge on any atom is -0.456 e. The van der Waals surface area contributed by atoms with Crippen molar-refractivity contribution in [2.24, 2.45) is 52.3 Å². The number of hydrogen-bond acceptors (Lipinski definition) is 10. The Balaban J connectivity index is 1.02. The highest BCUT2D eigenvalue weighted by Gasteiger charge is 2.69. The zero-order chi connectivity index (χ0) is 34.2. The lowest BCUT2D eigenvalue weighted by atomic mass is 9.44. The van der Waals surface area contributed by atoms with Crippen LogP contribution in [0.25, 0.3) is 0 Å². The summed E-state index contributed by atoms with van der Waals surface area (Å²) in [5.41, 5.74) is 0.554. The predicted molar refractivity (Wildman–Crippen MR) is 173 cm³/mol. The molecule has 0 bridgehead atoms. The highest BCUT2D eigenvalue weighted by atomic mass is 16.7. The van der Waals surface area contributed by atoms with Gasteiger partial charge in [0.25, 0.3) is 0 Å². The maximum absolute atomic E-state index is 12.2. The van der Waals surface area contributed by atoms with Gasteiger partial charge in [-0.2, -0.15) is 0 Å². The first-order valence-electron chi connectivity index (χ1n) is 18.8. The lowest BCUT2D eigenvalue weighted by Gasteiger charge is -2.61. The predicted octanol–water partition coefficient (Wildman–Crippen LogP) is 5.97. The van der Waals surface area contributed by atoms with Crippen molar-refractivity contribution in [3.63, 3.8) is 0 Å². The Hall–Kier alpha value is -1.75. The second-order valence-electron chi connectivity index (χ2n) is 17.2. The van der Waals surface area contributed by atoms with E-state index in [9.17, 15) is 14.4 Å². The molecule has 4 aliphatic carbocycles. The molecule has 1 spiro atoms. The van der Waals surface area contributed by atoms with E-state index in [2.05, 4.69) is 27.7 Å². The molecule has 48 heavy (non-hydrogen) atoms.